The molecule has 1 aliphatic rings. The predicted molar refractivity (Wildman–Crippen MR) is 120 cm³/mol. The number of ketones is 2. The molecule has 0 aromatic heterocycles. The average molecular weight is 423 g/mol. The second kappa shape index (κ2) is 10.8. The Balaban J connectivity index is 1.38. The van der Waals surface area contributed by atoms with E-state index in [-0.39, 0.29) is 23.7 Å². The number of carbonyl (C=O) groups excluding carboxylic acids is 2. The van der Waals surface area contributed by atoms with Crippen molar-refractivity contribution in [1.82, 2.24) is 0 Å². The maximum atomic E-state index is 12.2. The molecule has 0 fully saturated rings. The van der Waals surface area contributed by atoms with Crippen LogP contribution >= 0.6 is 0 Å². The van der Waals surface area contributed by atoms with Gasteiger partial charge in [-0.1, -0.05) is 30.4 Å². The summed E-state index contributed by atoms with van der Waals surface area (Å²) in [5.74, 6) is 1.07. The van der Waals surface area contributed by atoms with Crippen molar-refractivity contribution in [2.24, 2.45) is 5.92 Å². The molecule has 3 rings (SSSR count). The van der Waals surface area contributed by atoms with Gasteiger partial charge in [0.05, 0.1) is 13.5 Å². The van der Waals surface area contributed by atoms with Gasteiger partial charge in [0.25, 0.3) is 0 Å². The SMILES string of the molecule is COc1cc(CCC(=O)CC(=O)CCCC2C=Cc3c(O)cccc3CC2)ccc1O. The van der Waals surface area contributed by atoms with Crippen LogP contribution in [0, 0.1) is 5.92 Å². The van der Waals surface area contributed by atoms with Gasteiger partial charge in [0.2, 0.25) is 0 Å². The minimum absolute atomic E-state index is 0.00758. The fourth-order valence-electron chi connectivity index (χ4n) is 4.04. The molecule has 1 aliphatic carbocycles. The van der Waals surface area contributed by atoms with Crippen molar-refractivity contribution in [3.8, 4) is 17.2 Å². The smallest absolute Gasteiger partial charge is 0.160 e. The Labute approximate surface area is 183 Å². The Morgan fingerprint density at radius 3 is 2.68 bits per heavy atom. The lowest BCUT2D eigenvalue weighted by Gasteiger charge is -2.10. The van der Waals surface area contributed by atoms with Crippen LogP contribution in [-0.4, -0.2) is 28.9 Å². The molecule has 0 aliphatic heterocycles. The molecule has 0 bridgehead atoms. The number of aromatic hydroxyl groups is 2. The molecule has 2 N–H and O–H groups in total. The first-order chi connectivity index (χ1) is 15.0. The summed E-state index contributed by atoms with van der Waals surface area (Å²) in [7, 11) is 1.48. The van der Waals surface area contributed by atoms with Crippen LogP contribution in [0.15, 0.2) is 42.5 Å². The predicted octanol–water partition coefficient (Wildman–Crippen LogP) is 5.01. The van der Waals surface area contributed by atoms with E-state index in [1.807, 2.05) is 18.2 Å². The van der Waals surface area contributed by atoms with E-state index in [0.717, 1.165) is 42.4 Å². The molecule has 5 nitrogen and oxygen atoms in total. The van der Waals surface area contributed by atoms with Crippen LogP contribution in [0.25, 0.3) is 6.08 Å². The van der Waals surface area contributed by atoms with Crippen molar-refractivity contribution < 1.29 is 24.5 Å². The molecule has 0 saturated carbocycles. The van der Waals surface area contributed by atoms with E-state index in [0.29, 0.717) is 36.7 Å². The van der Waals surface area contributed by atoms with Crippen LogP contribution < -0.4 is 4.74 Å². The van der Waals surface area contributed by atoms with Crippen molar-refractivity contribution >= 4 is 17.6 Å². The van der Waals surface area contributed by atoms with Crippen LogP contribution in [0.4, 0.5) is 0 Å². The Morgan fingerprint density at radius 1 is 1.06 bits per heavy atom. The number of benzene rings is 2. The van der Waals surface area contributed by atoms with E-state index < -0.39 is 0 Å². The fourth-order valence-corrected chi connectivity index (χ4v) is 4.04. The summed E-state index contributed by atoms with van der Waals surface area (Å²) in [6.07, 6.45) is 8.91. The van der Waals surface area contributed by atoms with Gasteiger partial charge in [0, 0.05) is 18.4 Å². The number of hydrogen-bond donors (Lipinski definition) is 2. The number of allylic oxidation sites excluding steroid dienone is 1. The number of carbonyl (C=O) groups is 2. The molecule has 0 amide bonds. The lowest BCUT2D eigenvalue weighted by atomic mass is 9.94. The molecule has 0 radical (unpaired) electrons. The molecule has 2 aromatic rings. The third-order valence-corrected chi connectivity index (χ3v) is 5.85. The number of methoxy groups -OCH3 is 1. The Bertz CT molecular complexity index is 960. The molecule has 0 heterocycles. The van der Waals surface area contributed by atoms with E-state index in [2.05, 4.69) is 6.08 Å². The van der Waals surface area contributed by atoms with E-state index in [1.165, 1.54) is 7.11 Å². The highest BCUT2D eigenvalue weighted by Crippen LogP contribution is 2.30. The van der Waals surface area contributed by atoms with Crippen LogP contribution in [0.3, 0.4) is 0 Å². The van der Waals surface area contributed by atoms with Crippen LogP contribution in [0.1, 0.15) is 55.2 Å². The van der Waals surface area contributed by atoms with Gasteiger partial charge in [0.15, 0.2) is 11.5 Å². The Hall–Kier alpha value is -3.08. The van der Waals surface area contributed by atoms with E-state index in [9.17, 15) is 19.8 Å². The maximum absolute atomic E-state index is 12.2. The molecule has 1 atom stereocenters. The zero-order valence-electron chi connectivity index (χ0n) is 18.0. The molecule has 31 heavy (non-hydrogen) atoms. The standard InChI is InChI=1S/C26H30O5/c1-31-26-16-19(11-15-25(26)30)9-13-22(28)17-21(27)6-2-4-18-8-12-20-5-3-7-24(29)23(20)14-10-18/h3,5,7,10-11,14-16,18,29-30H,2,4,6,8-9,12-13,17H2,1H3. The van der Waals surface area contributed by atoms with Crippen LogP contribution in [0.5, 0.6) is 17.2 Å². The van der Waals surface area contributed by atoms with Gasteiger partial charge in [-0.2, -0.15) is 0 Å². The molecule has 5 heteroatoms. The third-order valence-electron chi connectivity index (χ3n) is 5.85. The summed E-state index contributed by atoms with van der Waals surface area (Å²) in [5, 5.41) is 19.6. The number of hydrogen-bond acceptors (Lipinski definition) is 5. The van der Waals surface area contributed by atoms with E-state index in [1.54, 1.807) is 24.3 Å². The lowest BCUT2D eigenvalue weighted by Crippen LogP contribution is -2.09. The summed E-state index contributed by atoms with van der Waals surface area (Å²) in [4.78, 5) is 24.4. The number of fused-ring (bicyclic) bond motifs is 1. The third kappa shape index (κ3) is 6.45. The number of Topliss-reactive ketones (excluding diaryl/α,β-unsaturated/α-hetero) is 2. The summed E-state index contributed by atoms with van der Waals surface area (Å²) in [6, 6.07) is 10.6. The number of ether oxygens (including phenoxy) is 1. The highest BCUT2D eigenvalue weighted by molar-refractivity contribution is 5.99. The number of phenols is 2. The monoisotopic (exact) mass is 422 g/mol. The quantitative estimate of drug-likeness (QED) is 0.526. The van der Waals surface area contributed by atoms with Crippen molar-refractivity contribution in [3.05, 3.63) is 59.2 Å². The first kappa shape index (κ1) is 22.6. The van der Waals surface area contributed by atoms with Crippen LogP contribution in [0.2, 0.25) is 0 Å². The van der Waals surface area contributed by atoms with Gasteiger partial charge in [-0.15, -0.1) is 0 Å². The zero-order valence-corrected chi connectivity index (χ0v) is 18.0. The van der Waals surface area contributed by atoms with Crippen molar-refractivity contribution in [3.63, 3.8) is 0 Å². The van der Waals surface area contributed by atoms with Gasteiger partial charge in [0.1, 0.15) is 17.3 Å². The molecule has 2 aromatic carbocycles. The van der Waals surface area contributed by atoms with Crippen molar-refractivity contribution in [1.29, 1.82) is 0 Å². The van der Waals surface area contributed by atoms with Crippen molar-refractivity contribution in [2.75, 3.05) is 7.11 Å². The van der Waals surface area contributed by atoms with Crippen LogP contribution in [-0.2, 0) is 22.4 Å². The number of phenolic OH excluding ortho intramolecular Hbond substituents is 2. The summed E-state index contributed by atoms with van der Waals surface area (Å²) >= 11 is 0. The molecule has 1 unspecified atom stereocenters. The first-order valence-electron chi connectivity index (χ1n) is 10.8. The topological polar surface area (TPSA) is 83.8 Å². The molecule has 164 valence electrons. The average Bonchev–Trinajstić information content (AvgIpc) is 2.96. The number of rotatable bonds is 10. The highest BCUT2D eigenvalue weighted by atomic mass is 16.5. The lowest BCUT2D eigenvalue weighted by molar-refractivity contribution is -0.127. The van der Waals surface area contributed by atoms with E-state index in [4.69, 9.17) is 4.74 Å². The highest BCUT2D eigenvalue weighted by Gasteiger charge is 2.15. The minimum Gasteiger partial charge on any atom is -0.507 e. The second-order valence-electron chi connectivity index (χ2n) is 8.16. The number of aryl methyl sites for hydroxylation is 2. The molecular weight excluding hydrogens is 392 g/mol. The van der Waals surface area contributed by atoms with Gasteiger partial charge in [-0.25, -0.2) is 0 Å². The summed E-state index contributed by atoms with van der Waals surface area (Å²) in [5.41, 5.74) is 2.95. The maximum Gasteiger partial charge on any atom is 0.160 e. The second-order valence-corrected chi connectivity index (χ2v) is 8.16. The zero-order chi connectivity index (χ0) is 22.2. The summed E-state index contributed by atoms with van der Waals surface area (Å²) < 4.78 is 5.08. The largest absolute Gasteiger partial charge is 0.507 e. The first-order valence-corrected chi connectivity index (χ1v) is 10.8. The molecular formula is C26H30O5. The Morgan fingerprint density at radius 2 is 1.87 bits per heavy atom. The fraction of sp³-hybridized carbons (Fsp3) is 0.385. The van der Waals surface area contributed by atoms with E-state index >= 15 is 0 Å². The molecule has 0 saturated heterocycles. The minimum atomic E-state index is -0.0580. The van der Waals surface area contributed by atoms with Gasteiger partial charge < -0.3 is 14.9 Å². The van der Waals surface area contributed by atoms with Gasteiger partial charge in [-0.3, -0.25) is 9.59 Å². The van der Waals surface area contributed by atoms with Crippen molar-refractivity contribution in [2.45, 2.75) is 51.4 Å². The Kier molecular flexibility index (Phi) is 7.88. The summed E-state index contributed by atoms with van der Waals surface area (Å²) in [6.45, 7) is 0. The normalized spacial score (nSPS) is 15.2. The van der Waals surface area contributed by atoms with Gasteiger partial charge >= 0.3 is 0 Å². The van der Waals surface area contributed by atoms with Gasteiger partial charge in [-0.05, 0) is 67.3 Å². The molecule has 0 spiro atoms.